The number of carboxylic acid groups (broad SMARTS) is 1. The second kappa shape index (κ2) is 6.36. The summed E-state index contributed by atoms with van der Waals surface area (Å²) < 4.78 is 0. The molecule has 4 nitrogen and oxygen atoms in total. The fourth-order valence-corrected chi connectivity index (χ4v) is 3.05. The Morgan fingerprint density at radius 2 is 2.12 bits per heavy atom. The Morgan fingerprint density at radius 1 is 1.47 bits per heavy atom. The molecule has 1 aliphatic rings. The fourth-order valence-electron chi connectivity index (χ4n) is 3.05. The van der Waals surface area contributed by atoms with Crippen LogP contribution in [0.25, 0.3) is 0 Å². The van der Waals surface area contributed by atoms with Gasteiger partial charge in [0.15, 0.2) is 0 Å². The van der Waals surface area contributed by atoms with E-state index in [1.54, 1.807) is 6.92 Å². The standard InChI is InChI=1S/C13H26N2O2/c1-4-15(10(3)9(2)13(16)17)12-7-5-6-11(12)8-14/h9-12H,4-8,14H2,1-3H3,(H,16,17). The van der Waals surface area contributed by atoms with Crippen molar-refractivity contribution in [2.24, 2.45) is 17.6 Å². The van der Waals surface area contributed by atoms with Crippen LogP contribution in [0.2, 0.25) is 0 Å². The van der Waals surface area contributed by atoms with Crippen LogP contribution in [-0.2, 0) is 4.79 Å². The van der Waals surface area contributed by atoms with Gasteiger partial charge in [-0.1, -0.05) is 20.3 Å². The maximum absolute atomic E-state index is 11.1. The molecule has 0 aromatic heterocycles. The first-order chi connectivity index (χ1) is 8.02. The highest BCUT2D eigenvalue weighted by Crippen LogP contribution is 2.31. The van der Waals surface area contributed by atoms with Crippen LogP contribution in [-0.4, -0.2) is 41.1 Å². The maximum atomic E-state index is 11.1. The van der Waals surface area contributed by atoms with Gasteiger partial charge in [0.05, 0.1) is 5.92 Å². The van der Waals surface area contributed by atoms with Gasteiger partial charge in [0, 0.05) is 12.1 Å². The van der Waals surface area contributed by atoms with E-state index in [1.165, 1.54) is 12.8 Å². The molecule has 1 aliphatic carbocycles. The van der Waals surface area contributed by atoms with E-state index < -0.39 is 5.97 Å². The van der Waals surface area contributed by atoms with Gasteiger partial charge >= 0.3 is 5.97 Å². The van der Waals surface area contributed by atoms with Crippen molar-refractivity contribution in [3.05, 3.63) is 0 Å². The molecule has 0 bridgehead atoms. The fraction of sp³-hybridized carbons (Fsp3) is 0.923. The Bertz CT molecular complexity index is 258. The number of carbonyl (C=O) groups is 1. The van der Waals surface area contributed by atoms with E-state index in [2.05, 4.69) is 11.8 Å². The van der Waals surface area contributed by atoms with Gasteiger partial charge in [-0.15, -0.1) is 0 Å². The van der Waals surface area contributed by atoms with E-state index in [4.69, 9.17) is 10.8 Å². The van der Waals surface area contributed by atoms with Gasteiger partial charge < -0.3 is 10.8 Å². The summed E-state index contributed by atoms with van der Waals surface area (Å²) in [7, 11) is 0. The van der Waals surface area contributed by atoms with Gasteiger partial charge in [0.25, 0.3) is 0 Å². The topological polar surface area (TPSA) is 66.6 Å². The Kier molecular flexibility index (Phi) is 5.40. The van der Waals surface area contributed by atoms with Crippen LogP contribution in [0.4, 0.5) is 0 Å². The minimum atomic E-state index is -0.710. The lowest BCUT2D eigenvalue weighted by molar-refractivity contribution is -0.143. The third-order valence-electron chi connectivity index (χ3n) is 4.35. The van der Waals surface area contributed by atoms with E-state index in [1.807, 2.05) is 6.92 Å². The van der Waals surface area contributed by atoms with Crippen molar-refractivity contribution in [3.63, 3.8) is 0 Å². The van der Waals surface area contributed by atoms with Gasteiger partial charge in [-0.25, -0.2) is 0 Å². The van der Waals surface area contributed by atoms with E-state index >= 15 is 0 Å². The largest absolute Gasteiger partial charge is 0.481 e. The summed E-state index contributed by atoms with van der Waals surface area (Å²) in [4.78, 5) is 13.4. The van der Waals surface area contributed by atoms with E-state index in [-0.39, 0.29) is 12.0 Å². The molecule has 1 rings (SSSR count). The summed E-state index contributed by atoms with van der Waals surface area (Å²) in [6.07, 6.45) is 3.56. The zero-order valence-electron chi connectivity index (χ0n) is 11.2. The van der Waals surface area contributed by atoms with Crippen LogP contribution in [0.1, 0.15) is 40.0 Å². The summed E-state index contributed by atoms with van der Waals surface area (Å²) in [5.74, 6) is -0.495. The first-order valence-electron chi connectivity index (χ1n) is 6.71. The van der Waals surface area contributed by atoms with Crippen molar-refractivity contribution in [1.82, 2.24) is 4.90 Å². The number of rotatable bonds is 6. The average molecular weight is 242 g/mol. The number of nitrogens with two attached hydrogens (primary N) is 1. The molecule has 17 heavy (non-hydrogen) atoms. The van der Waals surface area contributed by atoms with Crippen molar-refractivity contribution in [3.8, 4) is 0 Å². The third kappa shape index (κ3) is 3.19. The van der Waals surface area contributed by atoms with Crippen LogP contribution >= 0.6 is 0 Å². The summed E-state index contributed by atoms with van der Waals surface area (Å²) in [6.45, 7) is 7.54. The van der Waals surface area contributed by atoms with Crippen molar-refractivity contribution >= 4 is 5.97 Å². The van der Waals surface area contributed by atoms with Crippen LogP contribution in [0.15, 0.2) is 0 Å². The SMILES string of the molecule is CCN(C(C)C(C)C(=O)O)C1CCCC1CN. The van der Waals surface area contributed by atoms with Crippen LogP contribution in [0.5, 0.6) is 0 Å². The normalized spacial score (nSPS) is 28.3. The second-order valence-corrected chi connectivity index (χ2v) is 5.19. The molecule has 4 unspecified atom stereocenters. The van der Waals surface area contributed by atoms with Gasteiger partial charge in [0.1, 0.15) is 0 Å². The molecule has 0 aromatic carbocycles. The average Bonchev–Trinajstić information content (AvgIpc) is 2.76. The van der Waals surface area contributed by atoms with Crippen molar-refractivity contribution in [2.75, 3.05) is 13.1 Å². The quantitative estimate of drug-likeness (QED) is 0.741. The minimum Gasteiger partial charge on any atom is -0.481 e. The molecule has 4 heteroatoms. The highest BCUT2D eigenvalue weighted by molar-refractivity contribution is 5.70. The molecule has 1 saturated carbocycles. The molecule has 0 amide bonds. The molecule has 1 fully saturated rings. The van der Waals surface area contributed by atoms with Crippen molar-refractivity contribution in [2.45, 2.75) is 52.1 Å². The van der Waals surface area contributed by atoms with Gasteiger partial charge in [-0.05, 0) is 38.8 Å². The molecule has 0 aromatic rings. The first-order valence-corrected chi connectivity index (χ1v) is 6.71. The predicted octanol–water partition coefficient (Wildman–Crippen LogP) is 1.54. The zero-order chi connectivity index (χ0) is 13.0. The Hall–Kier alpha value is -0.610. The third-order valence-corrected chi connectivity index (χ3v) is 4.35. The van der Waals surface area contributed by atoms with Crippen LogP contribution in [0, 0.1) is 11.8 Å². The van der Waals surface area contributed by atoms with Gasteiger partial charge in [-0.3, -0.25) is 9.69 Å². The number of hydrogen-bond acceptors (Lipinski definition) is 3. The predicted molar refractivity (Wildman–Crippen MR) is 68.8 cm³/mol. The highest BCUT2D eigenvalue weighted by Gasteiger charge is 2.35. The highest BCUT2D eigenvalue weighted by atomic mass is 16.4. The Morgan fingerprint density at radius 3 is 2.59 bits per heavy atom. The molecular formula is C13H26N2O2. The van der Waals surface area contributed by atoms with E-state index in [0.29, 0.717) is 12.0 Å². The summed E-state index contributed by atoms with van der Waals surface area (Å²) >= 11 is 0. The molecule has 0 aliphatic heterocycles. The molecular weight excluding hydrogens is 216 g/mol. The molecule has 0 saturated heterocycles. The molecule has 0 heterocycles. The molecule has 0 spiro atoms. The Balaban J connectivity index is 2.72. The lowest BCUT2D eigenvalue weighted by atomic mass is 9.96. The number of aliphatic carboxylic acids is 1. The Labute approximate surface area is 104 Å². The second-order valence-electron chi connectivity index (χ2n) is 5.19. The summed E-state index contributed by atoms with van der Waals surface area (Å²) in [5.41, 5.74) is 5.81. The van der Waals surface area contributed by atoms with Crippen molar-refractivity contribution < 1.29 is 9.90 Å². The molecule has 0 radical (unpaired) electrons. The van der Waals surface area contributed by atoms with Gasteiger partial charge in [-0.2, -0.15) is 0 Å². The van der Waals surface area contributed by atoms with E-state index in [0.717, 1.165) is 19.5 Å². The summed E-state index contributed by atoms with van der Waals surface area (Å²) in [6, 6.07) is 0.552. The van der Waals surface area contributed by atoms with E-state index in [9.17, 15) is 4.79 Å². The van der Waals surface area contributed by atoms with Crippen molar-refractivity contribution in [1.29, 1.82) is 0 Å². The number of nitrogens with zero attached hydrogens (tertiary/aromatic N) is 1. The minimum absolute atomic E-state index is 0.0784. The van der Waals surface area contributed by atoms with Gasteiger partial charge in [0.2, 0.25) is 0 Å². The monoisotopic (exact) mass is 242 g/mol. The smallest absolute Gasteiger partial charge is 0.307 e. The maximum Gasteiger partial charge on any atom is 0.307 e. The number of carboxylic acids is 1. The number of hydrogen-bond donors (Lipinski definition) is 2. The first kappa shape index (κ1) is 14.5. The lowest BCUT2D eigenvalue weighted by Crippen LogP contribution is -2.49. The van der Waals surface area contributed by atoms with Crippen LogP contribution < -0.4 is 5.73 Å². The molecule has 4 atom stereocenters. The molecule has 3 N–H and O–H groups in total. The summed E-state index contributed by atoms with van der Waals surface area (Å²) in [5, 5.41) is 9.11. The lowest BCUT2D eigenvalue weighted by Gasteiger charge is -2.38. The zero-order valence-corrected chi connectivity index (χ0v) is 11.2. The van der Waals surface area contributed by atoms with Crippen LogP contribution in [0.3, 0.4) is 0 Å². The molecule has 100 valence electrons.